The average Bonchev–Trinajstić information content (AvgIpc) is 2.68. The van der Waals surface area contributed by atoms with E-state index in [1.165, 1.54) is 43.7 Å². The van der Waals surface area contributed by atoms with Gasteiger partial charge < -0.3 is 0 Å². The van der Waals surface area contributed by atoms with E-state index in [9.17, 15) is 4.39 Å². The molecule has 0 radical (unpaired) electrons. The molecule has 1 aliphatic rings. The number of halogens is 2. The molecule has 0 saturated heterocycles. The normalized spacial score (nSPS) is 19.7. The van der Waals surface area contributed by atoms with Crippen LogP contribution in [0.2, 0.25) is 5.02 Å². The number of benzene rings is 2. The lowest BCUT2D eigenvalue weighted by atomic mass is 9.79. The number of hydrogen-bond acceptors (Lipinski definition) is 0. The van der Waals surface area contributed by atoms with Crippen LogP contribution in [-0.2, 0) is 6.42 Å². The Balaban J connectivity index is 1.52. The Morgan fingerprint density at radius 1 is 1.04 bits per heavy atom. The summed E-state index contributed by atoms with van der Waals surface area (Å²) in [6, 6.07) is 12.9. The Hall–Kier alpha value is -2.04. The van der Waals surface area contributed by atoms with Gasteiger partial charge in [-0.2, -0.15) is 0 Å². The van der Waals surface area contributed by atoms with Gasteiger partial charge in [-0.1, -0.05) is 47.7 Å². The van der Waals surface area contributed by atoms with Crippen LogP contribution >= 0.6 is 11.6 Å². The third-order valence-corrected chi connectivity index (χ3v) is 5.66. The van der Waals surface area contributed by atoms with E-state index in [0.29, 0.717) is 10.6 Å². The Morgan fingerprint density at radius 2 is 1.78 bits per heavy atom. The van der Waals surface area contributed by atoms with Gasteiger partial charge in [0.05, 0.1) is 5.56 Å². The zero-order valence-electron chi connectivity index (χ0n) is 15.8. The van der Waals surface area contributed by atoms with Gasteiger partial charge in [0, 0.05) is 10.6 Å². The van der Waals surface area contributed by atoms with Crippen LogP contribution in [-0.4, -0.2) is 0 Å². The highest BCUT2D eigenvalue weighted by Crippen LogP contribution is 2.32. The first-order valence-corrected chi connectivity index (χ1v) is 10.2. The predicted octanol–water partition coefficient (Wildman–Crippen LogP) is 7.19. The molecule has 0 amide bonds. The van der Waals surface area contributed by atoms with E-state index in [-0.39, 0.29) is 5.82 Å². The molecule has 0 N–H and O–H groups in total. The van der Waals surface area contributed by atoms with Crippen LogP contribution in [0.15, 0.2) is 54.6 Å². The summed E-state index contributed by atoms with van der Waals surface area (Å²) in [5.74, 6) is 7.20. The standard InChI is InChI=1S/C25H26ClF/c1-2-3-19-4-6-20(7-5-19)8-9-21-10-12-22(13-11-21)14-15-23-16-17-24(26)18-25(23)27/h2-3,10-13,16-20H,4-9H2,1H3/b3-2+. The summed E-state index contributed by atoms with van der Waals surface area (Å²) in [6.07, 6.45) is 12.3. The molecule has 27 heavy (non-hydrogen) atoms. The first-order valence-electron chi connectivity index (χ1n) is 9.83. The summed E-state index contributed by atoms with van der Waals surface area (Å²) in [5.41, 5.74) is 2.63. The molecule has 0 atom stereocenters. The van der Waals surface area contributed by atoms with Crippen LogP contribution in [0.25, 0.3) is 0 Å². The van der Waals surface area contributed by atoms with Crippen LogP contribution in [0.4, 0.5) is 4.39 Å². The lowest BCUT2D eigenvalue weighted by molar-refractivity contribution is 0.296. The second kappa shape index (κ2) is 9.77. The second-order valence-electron chi connectivity index (χ2n) is 7.42. The number of aryl methyl sites for hydroxylation is 1. The van der Waals surface area contributed by atoms with Crippen molar-refractivity contribution < 1.29 is 4.39 Å². The van der Waals surface area contributed by atoms with E-state index < -0.39 is 0 Å². The van der Waals surface area contributed by atoms with E-state index in [1.54, 1.807) is 12.1 Å². The lowest BCUT2D eigenvalue weighted by Crippen LogP contribution is -2.13. The maximum Gasteiger partial charge on any atom is 0.140 e. The van der Waals surface area contributed by atoms with Gasteiger partial charge in [-0.3, -0.25) is 0 Å². The fourth-order valence-corrected chi connectivity index (χ4v) is 3.96. The predicted molar refractivity (Wildman–Crippen MR) is 112 cm³/mol. The van der Waals surface area contributed by atoms with E-state index >= 15 is 0 Å². The molecule has 0 bridgehead atoms. The van der Waals surface area contributed by atoms with Crippen molar-refractivity contribution in [2.45, 2.75) is 45.4 Å². The minimum absolute atomic E-state index is 0.372. The fourth-order valence-electron chi connectivity index (χ4n) is 3.80. The third-order valence-electron chi connectivity index (χ3n) is 5.42. The SMILES string of the molecule is C/C=C/C1CCC(CCc2ccc(C#Cc3ccc(Cl)cc3F)cc2)CC1. The first kappa shape index (κ1) is 19.7. The van der Waals surface area contributed by atoms with Crippen LogP contribution in [0.1, 0.15) is 55.7 Å². The summed E-state index contributed by atoms with van der Waals surface area (Å²) >= 11 is 5.77. The molecule has 0 nitrogen and oxygen atoms in total. The van der Waals surface area contributed by atoms with Gasteiger partial charge in [0.25, 0.3) is 0 Å². The number of rotatable bonds is 4. The van der Waals surface area contributed by atoms with Crippen molar-refractivity contribution in [1.29, 1.82) is 0 Å². The molecule has 3 rings (SSSR count). The summed E-state index contributed by atoms with van der Waals surface area (Å²) < 4.78 is 13.8. The molecule has 1 fully saturated rings. The summed E-state index contributed by atoms with van der Waals surface area (Å²) in [5, 5.41) is 0.387. The van der Waals surface area contributed by atoms with Crippen molar-refractivity contribution in [3.05, 3.63) is 82.1 Å². The number of hydrogen-bond donors (Lipinski definition) is 0. The highest BCUT2D eigenvalue weighted by atomic mass is 35.5. The molecule has 2 aromatic carbocycles. The van der Waals surface area contributed by atoms with Crippen LogP contribution in [0.5, 0.6) is 0 Å². The molecule has 140 valence electrons. The molecule has 1 aliphatic carbocycles. The first-order chi connectivity index (χ1) is 13.1. The molecule has 0 heterocycles. The molecule has 2 aromatic rings. The topological polar surface area (TPSA) is 0 Å². The molecular weight excluding hydrogens is 355 g/mol. The van der Waals surface area contributed by atoms with Gasteiger partial charge in [-0.15, -0.1) is 0 Å². The lowest BCUT2D eigenvalue weighted by Gasteiger charge is -2.26. The van der Waals surface area contributed by atoms with Gasteiger partial charge >= 0.3 is 0 Å². The molecule has 0 unspecified atom stereocenters. The molecule has 0 aliphatic heterocycles. The van der Waals surface area contributed by atoms with Crippen molar-refractivity contribution in [3.63, 3.8) is 0 Å². The van der Waals surface area contributed by atoms with E-state index in [4.69, 9.17) is 11.6 Å². The van der Waals surface area contributed by atoms with Crippen LogP contribution in [0.3, 0.4) is 0 Å². The van der Waals surface area contributed by atoms with Crippen molar-refractivity contribution in [2.24, 2.45) is 11.8 Å². The smallest absolute Gasteiger partial charge is 0.140 e. The maximum atomic E-state index is 13.8. The van der Waals surface area contributed by atoms with Gasteiger partial charge in [0.2, 0.25) is 0 Å². The van der Waals surface area contributed by atoms with E-state index in [0.717, 1.165) is 23.8 Å². The Bertz CT molecular complexity index is 831. The quantitative estimate of drug-likeness (QED) is 0.388. The van der Waals surface area contributed by atoms with Crippen molar-refractivity contribution in [3.8, 4) is 11.8 Å². The molecule has 0 spiro atoms. The monoisotopic (exact) mass is 380 g/mol. The Labute approximate surface area is 167 Å². The summed E-state index contributed by atoms with van der Waals surface area (Å²) in [6.45, 7) is 2.12. The zero-order chi connectivity index (χ0) is 19.1. The van der Waals surface area contributed by atoms with Crippen molar-refractivity contribution >= 4 is 11.6 Å². The van der Waals surface area contributed by atoms with Crippen LogP contribution < -0.4 is 0 Å². The summed E-state index contributed by atoms with van der Waals surface area (Å²) in [4.78, 5) is 0. The highest BCUT2D eigenvalue weighted by Gasteiger charge is 2.18. The molecule has 1 saturated carbocycles. The van der Waals surface area contributed by atoms with Gasteiger partial charge in [-0.25, -0.2) is 4.39 Å². The third kappa shape index (κ3) is 5.98. The maximum absolute atomic E-state index is 13.8. The minimum Gasteiger partial charge on any atom is -0.206 e. The summed E-state index contributed by atoms with van der Waals surface area (Å²) in [7, 11) is 0. The number of allylic oxidation sites excluding steroid dienone is 2. The van der Waals surface area contributed by atoms with Gasteiger partial charge in [-0.05, 0) is 93.2 Å². The largest absolute Gasteiger partial charge is 0.206 e. The van der Waals surface area contributed by atoms with E-state index in [2.05, 4.69) is 43.0 Å². The van der Waals surface area contributed by atoms with Gasteiger partial charge in [0.15, 0.2) is 0 Å². The van der Waals surface area contributed by atoms with Gasteiger partial charge in [0.1, 0.15) is 5.82 Å². The van der Waals surface area contributed by atoms with Crippen molar-refractivity contribution in [2.75, 3.05) is 0 Å². The Morgan fingerprint density at radius 3 is 2.44 bits per heavy atom. The molecule has 0 aromatic heterocycles. The van der Waals surface area contributed by atoms with Crippen LogP contribution in [0, 0.1) is 29.5 Å². The molecule has 2 heteroatoms. The zero-order valence-corrected chi connectivity index (χ0v) is 16.6. The fraction of sp³-hybridized carbons (Fsp3) is 0.360. The second-order valence-corrected chi connectivity index (χ2v) is 7.85. The highest BCUT2D eigenvalue weighted by molar-refractivity contribution is 6.30. The van der Waals surface area contributed by atoms with Crippen molar-refractivity contribution in [1.82, 2.24) is 0 Å². The van der Waals surface area contributed by atoms with E-state index in [1.807, 2.05) is 12.1 Å². The average molecular weight is 381 g/mol. The molecular formula is C25H26ClF. The minimum atomic E-state index is -0.379. The Kier molecular flexibility index (Phi) is 7.13.